The predicted octanol–water partition coefficient (Wildman–Crippen LogP) is 4.48. The number of esters is 1. The first kappa shape index (κ1) is 14.1. The van der Waals surface area contributed by atoms with E-state index in [0.717, 1.165) is 24.0 Å². The highest BCUT2D eigenvalue weighted by Gasteiger charge is 2.20. The van der Waals surface area contributed by atoms with Crippen LogP contribution in [0.3, 0.4) is 0 Å². The number of rotatable bonds is 3. The maximum absolute atomic E-state index is 11.6. The number of allylic oxidation sites excluding steroid dienone is 1. The van der Waals surface area contributed by atoms with Crippen molar-refractivity contribution in [1.29, 1.82) is 0 Å². The van der Waals surface area contributed by atoms with E-state index in [1.165, 1.54) is 26.4 Å². The lowest BCUT2D eigenvalue weighted by molar-refractivity contribution is -0.134. The van der Waals surface area contributed by atoms with Crippen molar-refractivity contribution in [2.45, 2.75) is 32.1 Å². The Balaban J connectivity index is 2.30. The average molecular weight is 279 g/mol. The summed E-state index contributed by atoms with van der Waals surface area (Å²) < 4.78 is 4.78. The number of hydrogen-bond acceptors (Lipinski definition) is 2. The van der Waals surface area contributed by atoms with Crippen LogP contribution in [0.4, 0.5) is 0 Å². The second-order valence-corrected chi connectivity index (χ2v) is 5.40. The van der Waals surface area contributed by atoms with Gasteiger partial charge in [0, 0.05) is 11.1 Å². The summed E-state index contributed by atoms with van der Waals surface area (Å²) >= 11 is 5.92. The third kappa shape index (κ3) is 3.84. The van der Waals surface area contributed by atoms with E-state index in [1.54, 1.807) is 6.08 Å². The molecule has 1 aliphatic rings. The normalized spacial score (nSPS) is 17.3. The van der Waals surface area contributed by atoms with Gasteiger partial charge in [-0.1, -0.05) is 43.0 Å². The Labute approximate surface area is 119 Å². The minimum absolute atomic E-state index is 0.282. The minimum atomic E-state index is -0.282. The topological polar surface area (TPSA) is 26.3 Å². The van der Waals surface area contributed by atoms with Gasteiger partial charge in [0.05, 0.1) is 7.11 Å². The number of halogens is 1. The fraction of sp³-hybridized carbons (Fsp3) is 0.438. The number of methoxy groups -OCH3 is 1. The van der Waals surface area contributed by atoms with Crippen molar-refractivity contribution in [3.8, 4) is 0 Å². The first-order valence-corrected chi connectivity index (χ1v) is 7.14. The fourth-order valence-electron chi connectivity index (χ4n) is 2.68. The molecule has 1 aliphatic carbocycles. The van der Waals surface area contributed by atoms with Crippen LogP contribution in [0.2, 0.25) is 5.02 Å². The summed E-state index contributed by atoms with van der Waals surface area (Å²) in [5.74, 6) is 0.171. The van der Waals surface area contributed by atoms with Crippen LogP contribution >= 0.6 is 11.6 Å². The van der Waals surface area contributed by atoms with E-state index in [0.29, 0.717) is 10.9 Å². The third-order valence-electron chi connectivity index (χ3n) is 3.70. The molecule has 0 amide bonds. The van der Waals surface area contributed by atoms with Gasteiger partial charge in [-0.15, -0.1) is 0 Å². The Kier molecular flexibility index (Phi) is 5.03. The predicted molar refractivity (Wildman–Crippen MR) is 78.0 cm³/mol. The Bertz CT molecular complexity index is 456. The van der Waals surface area contributed by atoms with Crippen molar-refractivity contribution in [2.75, 3.05) is 7.11 Å². The Morgan fingerprint density at radius 3 is 2.42 bits per heavy atom. The monoisotopic (exact) mass is 278 g/mol. The van der Waals surface area contributed by atoms with Gasteiger partial charge in [-0.2, -0.15) is 0 Å². The molecule has 0 N–H and O–H groups in total. The van der Waals surface area contributed by atoms with Gasteiger partial charge in [-0.3, -0.25) is 0 Å². The summed E-state index contributed by atoms with van der Waals surface area (Å²) in [5, 5.41) is 0.713. The zero-order chi connectivity index (χ0) is 13.7. The van der Waals surface area contributed by atoms with Gasteiger partial charge in [0.15, 0.2) is 0 Å². The van der Waals surface area contributed by atoms with Gasteiger partial charge in [0.25, 0.3) is 0 Å². The quantitative estimate of drug-likeness (QED) is 0.602. The molecule has 0 radical (unpaired) electrons. The molecule has 0 aliphatic heterocycles. The third-order valence-corrected chi connectivity index (χ3v) is 3.95. The molecule has 0 atom stereocenters. The lowest BCUT2D eigenvalue weighted by atomic mass is 9.81. The summed E-state index contributed by atoms with van der Waals surface area (Å²) in [6.45, 7) is 0. The number of hydrogen-bond donors (Lipinski definition) is 0. The second-order valence-electron chi connectivity index (χ2n) is 4.96. The Hall–Kier alpha value is -1.28. The molecule has 2 rings (SSSR count). The van der Waals surface area contributed by atoms with Gasteiger partial charge in [0.1, 0.15) is 0 Å². The zero-order valence-electron chi connectivity index (χ0n) is 11.2. The van der Waals surface area contributed by atoms with Crippen LogP contribution in [0.15, 0.2) is 30.3 Å². The average Bonchev–Trinajstić information content (AvgIpc) is 2.46. The minimum Gasteiger partial charge on any atom is -0.466 e. The summed E-state index contributed by atoms with van der Waals surface area (Å²) in [6, 6.07) is 7.69. The van der Waals surface area contributed by atoms with Crippen molar-refractivity contribution in [1.82, 2.24) is 0 Å². The summed E-state index contributed by atoms with van der Waals surface area (Å²) in [5.41, 5.74) is 2.16. The van der Waals surface area contributed by atoms with Crippen LogP contribution < -0.4 is 0 Å². The molecule has 0 unspecified atom stereocenters. The second kappa shape index (κ2) is 6.76. The van der Waals surface area contributed by atoms with Gasteiger partial charge < -0.3 is 4.74 Å². The lowest BCUT2D eigenvalue weighted by Crippen LogP contribution is -2.10. The smallest absolute Gasteiger partial charge is 0.330 e. The molecule has 102 valence electrons. The number of carbonyl (C=O) groups excluding carboxylic acids is 1. The molecule has 0 saturated heterocycles. The van der Waals surface area contributed by atoms with E-state index < -0.39 is 0 Å². The van der Waals surface area contributed by atoms with E-state index in [4.69, 9.17) is 16.3 Å². The number of ether oxygens (including phenoxy) is 1. The molecule has 2 nitrogen and oxygen atoms in total. The van der Waals surface area contributed by atoms with Crippen molar-refractivity contribution >= 4 is 23.1 Å². The van der Waals surface area contributed by atoms with Gasteiger partial charge in [-0.05, 0) is 42.0 Å². The molecule has 1 aromatic rings. The molecule has 0 bridgehead atoms. The van der Waals surface area contributed by atoms with Crippen molar-refractivity contribution in [3.05, 3.63) is 40.9 Å². The van der Waals surface area contributed by atoms with E-state index in [2.05, 4.69) is 0 Å². The maximum Gasteiger partial charge on any atom is 0.330 e. The van der Waals surface area contributed by atoms with Crippen molar-refractivity contribution in [3.63, 3.8) is 0 Å². The first-order valence-electron chi connectivity index (χ1n) is 6.76. The summed E-state index contributed by atoms with van der Waals surface area (Å²) in [6.07, 6.45) is 7.69. The standard InChI is InChI=1S/C16H19ClO2/c1-19-16(18)11-15(12-5-3-2-4-6-12)13-7-9-14(17)10-8-13/h7-12H,2-6H2,1H3. The SMILES string of the molecule is COC(=O)C=C(c1ccc(Cl)cc1)C1CCCCC1. The highest BCUT2D eigenvalue weighted by molar-refractivity contribution is 6.30. The maximum atomic E-state index is 11.6. The molecular weight excluding hydrogens is 260 g/mol. The summed E-state index contributed by atoms with van der Waals surface area (Å²) in [7, 11) is 1.42. The fourth-order valence-corrected chi connectivity index (χ4v) is 2.80. The van der Waals surface area contributed by atoms with Crippen LogP contribution in [0.5, 0.6) is 0 Å². The first-order chi connectivity index (χ1) is 9.20. The van der Waals surface area contributed by atoms with E-state index >= 15 is 0 Å². The molecule has 1 saturated carbocycles. The Morgan fingerprint density at radius 1 is 1.21 bits per heavy atom. The van der Waals surface area contributed by atoms with Crippen molar-refractivity contribution < 1.29 is 9.53 Å². The summed E-state index contributed by atoms with van der Waals surface area (Å²) in [4.78, 5) is 11.6. The van der Waals surface area contributed by atoms with Gasteiger partial charge in [0.2, 0.25) is 0 Å². The highest BCUT2D eigenvalue weighted by atomic mass is 35.5. The molecule has 0 aromatic heterocycles. The van der Waals surface area contributed by atoms with Crippen LogP contribution in [0.1, 0.15) is 37.7 Å². The Morgan fingerprint density at radius 2 is 1.84 bits per heavy atom. The molecule has 1 aromatic carbocycles. The van der Waals surface area contributed by atoms with E-state index in [9.17, 15) is 4.79 Å². The van der Waals surface area contributed by atoms with E-state index in [-0.39, 0.29) is 5.97 Å². The highest BCUT2D eigenvalue weighted by Crippen LogP contribution is 2.35. The number of benzene rings is 1. The molecule has 0 heterocycles. The molecule has 19 heavy (non-hydrogen) atoms. The molecule has 1 fully saturated rings. The van der Waals surface area contributed by atoms with Crippen molar-refractivity contribution in [2.24, 2.45) is 5.92 Å². The van der Waals surface area contributed by atoms with Crippen LogP contribution in [0.25, 0.3) is 5.57 Å². The van der Waals surface area contributed by atoms with E-state index in [1.807, 2.05) is 24.3 Å². The largest absolute Gasteiger partial charge is 0.466 e. The van der Waals surface area contributed by atoms with Crippen LogP contribution in [0, 0.1) is 5.92 Å². The van der Waals surface area contributed by atoms with Gasteiger partial charge >= 0.3 is 5.97 Å². The lowest BCUT2D eigenvalue weighted by Gasteiger charge is -2.24. The van der Waals surface area contributed by atoms with Crippen LogP contribution in [-0.2, 0) is 9.53 Å². The zero-order valence-corrected chi connectivity index (χ0v) is 12.0. The van der Waals surface area contributed by atoms with Gasteiger partial charge in [-0.25, -0.2) is 4.79 Å². The molecular formula is C16H19ClO2. The molecule has 3 heteroatoms. The van der Waals surface area contributed by atoms with Crippen LogP contribution in [-0.4, -0.2) is 13.1 Å². The molecule has 0 spiro atoms. The number of carbonyl (C=O) groups is 1.